The average molecular weight is 742 g/mol. The number of methoxy groups -OCH3 is 1. The van der Waals surface area contributed by atoms with E-state index in [-0.39, 0.29) is 30.8 Å². The number of carbonyl (C=O) groups excluding carboxylic acids is 4. The summed E-state index contributed by atoms with van der Waals surface area (Å²) in [4.78, 5) is 58.1. The number of hydrogen-bond donors (Lipinski definition) is 1. The molecule has 0 bridgehead atoms. The zero-order valence-electron chi connectivity index (χ0n) is 33.1. The largest absolute Gasteiger partial charge is 0.457 e. The number of hydrazone groups is 1. The summed E-state index contributed by atoms with van der Waals surface area (Å²) in [5.74, 6) is -5.25. The van der Waals surface area contributed by atoms with Crippen LogP contribution in [0.5, 0.6) is 0 Å². The summed E-state index contributed by atoms with van der Waals surface area (Å²) < 4.78 is 30.8. The van der Waals surface area contributed by atoms with Gasteiger partial charge in [-0.3, -0.25) is 14.4 Å². The zero-order valence-corrected chi connectivity index (χ0v) is 33.1. The standard InChI is InChI=1S/C40H59N3O10/c1-12-30-40(8)34(43(38(48)53-40)41-20-16-19-28-17-14-13-15-18-28)25(4)31(44)23(2)22-39(7,49-11)35(26(5)32(45)27(6)36(47)51-30)52-37-33(46)29(42(9)10)21-24(3)50-37/h13-20,23-27,29-30,33-35,37,46H,12,21-22H2,1-11H3/b19-16+,41-20+/t23-,24-,25-,26+,27-,29+,30+,33-,34-,35-,37+,39-,40-/m1/s1. The van der Waals surface area contributed by atoms with Gasteiger partial charge in [-0.05, 0) is 72.7 Å². The number of Topliss-reactive ketones (excluding diaryl/α,β-unsaturated/α-hetero) is 2. The van der Waals surface area contributed by atoms with Gasteiger partial charge in [-0.2, -0.15) is 10.1 Å². The Morgan fingerprint density at radius 2 is 1.68 bits per heavy atom. The van der Waals surface area contributed by atoms with E-state index in [2.05, 4.69) is 5.10 Å². The van der Waals surface area contributed by atoms with E-state index >= 15 is 0 Å². The molecule has 13 atom stereocenters. The predicted octanol–water partition coefficient (Wildman–Crippen LogP) is 4.89. The van der Waals surface area contributed by atoms with Gasteiger partial charge in [-0.15, -0.1) is 0 Å². The molecule has 3 saturated heterocycles. The number of esters is 1. The number of aliphatic hydroxyl groups is 1. The maximum atomic E-state index is 14.5. The number of hydrogen-bond acceptors (Lipinski definition) is 12. The first-order valence-electron chi connectivity index (χ1n) is 18.7. The van der Waals surface area contributed by atoms with E-state index in [0.717, 1.165) is 10.6 Å². The van der Waals surface area contributed by atoms with E-state index in [1.165, 1.54) is 20.2 Å². The third kappa shape index (κ3) is 8.91. The van der Waals surface area contributed by atoms with E-state index in [1.54, 1.807) is 47.6 Å². The van der Waals surface area contributed by atoms with Crippen LogP contribution in [-0.4, -0.2) is 120 Å². The Morgan fingerprint density at radius 1 is 1.02 bits per heavy atom. The summed E-state index contributed by atoms with van der Waals surface area (Å²) in [7, 11) is 5.20. The maximum Gasteiger partial charge on any atom is 0.431 e. The third-order valence-electron chi connectivity index (χ3n) is 11.4. The van der Waals surface area contributed by atoms with Crippen molar-refractivity contribution in [1.29, 1.82) is 0 Å². The van der Waals surface area contributed by atoms with Crippen molar-refractivity contribution >= 4 is 35.9 Å². The lowest BCUT2D eigenvalue weighted by atomic mass is 9.73. The van der Waals surface area contributed by atoms with Crippen LogP contribution in [0.25, 0.3) is 6.08 Å². The highest BCUT2D eigenvalue weighted by atomic mass is 16.7. The molecule has 0 saturated carbocycles. The van der Waals surface area contributed by atoms with Crippen LogP contribution in [0.15, 0.2) is 41.5 Å². The van der Waals surface area contributed by atoms with Crippen LogP contribution in [0, 0.1) is 23.7 Å². The van der Waals surface area contributed by atoms with E-state index in [4.69, 9.17) is 23.7 Å². The van der Waals surface area contributed by atoms with Gasteiger partial charge in [0.2, 0.25) is 0 Å². The second kappa shape index (κ2) is 17.3. The Hall–Kier alpha value is -3.49. The maximum absolute atomic E-state index is 14.5. The van der Waals surface area contributed by atoms with E-state index in [9.17, 15) is 24.3 Å². The molecule has 13 heteroatoms. The molecule has 294 valence electrons. The summed E-state index contributed by atoms with van der Waals surface area (Å²) in [5, 5.41) is 17.0. The van der Waals surface area contributed by atoms with E-state index in [0.29, 0.717) is 6.42 Å². The van der Waals surface area contributed by atoms with Crippen LogP contribution in [0.4, 0.5) is 4.79 Å². The Morgan fingerprint density at radius 3 is 2.28 bits per heavy atom. The number of ether oxygens (including phenoxy) is 5. The Labute approximate surface area is 314 Å². The molecule has 3 heterocycles. The molecule has 0 aliphatic carbocycles. The van der Waals surface area contributed by atoms with Gasteiger partial charge in [0, 0.05) is 37.1 Å². The van der Waals surface area contributed by atoms with Gasteiger partial charge in [0.15, 0.2) is 17.7 Å². The molecule has 1 aromatic rings. The molecule has 3 aliphatic heterocycles. The lowest BCUT2D eigenvalue weighted by molar-refractivity contribution is -0.295. The number of ketones is 2. The molecule has 0 radical (unpaired) electrons. The topological polar surface area (TPSA) is 154 Å². The van der Waals surface area contributed by atoms with E-state index in [1.807, 2.05) is 62.3 Å². The second-order valence-corrected chi connectivity index (χ2v) is 15.6. The number of nitrogens with zero attached hydrogens (tertiary/aromatic N) is 3. The first-order valence-corrected chi connectivity index (χ1v) is 18.7. The summed E-state index contributed by atoms with van der Waals surface area (Å²) in [6.07, 6.45) is 0.530. The minimum absolute atomic E-state index is 0.0990. The number of benzene rings is 1. The number of carbonyl (C=O) groups is 4. The van der Waals surface area contributed by atoms with Crippen molar-refractivity contribution < 1.29 is 48.0 Å². The predicted molar refractivity (Wildman–Crippen MR) is 199 cm³/mol. The fraction of sp³-hybridized carbons (Fsp3) is 0.675. The van der Waals surface area contributed by atoms with Crippen LogP contribution < -0.4 is 0 Å². The zero-order chi connectivity index (χ0) is 39.4. The minimum atomic E-state index is -1.50. The van der Waals surface area contributed by atoms with E-state index < -0.39 is 83.4 Å². The molecule has 4 rings (SSSR count). The summed E-state index contributed by atoms with van der Waals surface area (Å²) >= 11 is 0. The molecule has 53 heavy (non-hydrogen) atoms. The van der Waals surface area contributed by atoms with Crippen LogP contribution >= 0.6 is 0 Å². The SMILES string of the molecule is CC[C@@H]1OC(=O)[C@H](C)C(=O)[C@H](C)[C@@H](O[C@@H]2O[C@H](C)C[C@H](N(C)C)[C@H]2O)[C@](C)(OC)C[C@@H](C)C(=O)[C@@H](C)[C@H]2N(/N=C/C=C/c3ccccc3)C(=O)O[C@]12C. The molecular weight excluding hydrogens is 682 g/mol. The van der Waals surface area contributed by atoms with Crippen LogP contribution in [0.2, 0.25) is 0 Å². The smallest absolute Gasteiger partial charge is 0.431 e. The van der Waals surface area contributed by atoms with Crippen LogP contribution in [-0.2, 0) is 38.1 Å². The average Bonchev–Trinajstić information content (AvgIpc) is 3.39. The van der Waals surface area contributed by atoms with Gasteiger partial charge < -0.3 is 33.7 Å². The molecule has 1 amide bonds. The Bertz CT molecular complexity index is 1520. The lowest BCUT2D eigenvalue weighted by Crippen LogP contribution is -2.60. The molecular formula is C40H59N3O10. The van der Waals surface area contributed by atoms with Crippen molar-refractivity contribution in [2.24, 2.45) is 28.8 Å². The Kier molecular flexibility index (Phi) is 13.8. The number of cyclic esters (lactones) is 1. The number of fused-ring (bicyclic) bond motifs is 1. The van der Waals surface area contributed by atoms with Crippen molar-refractivity contribution in [2.45, 2.75) is 129 Å². The molecule has 3 fully saturated rings. The second-order valence-electron chi connectivity index (χ2n) is 15.6. The van der Waals surface area contributed by atoms with Gasteiger partial charge >= 0.3 is 12.1 Å². The lowest BCUT2D eigenvalue weighted by Gasteiger charge is -2.47. The number of amides is 1. The minimum Gasteiger partial charge on any atom is -0.457 e. The van der Waals surface area contributed by atoms with Gasteiger partial charge in [-0.25, -0.2) is 4.79 Å². The van der Waals surface area contributed by atoms with Gasteiger partial charge in [0.25, 0.3) is 0 Å². The fourth-order valence-electron chi connectivity index (χ4n) is 8.29. The van der Waals surface area contributed by atoms with Crippen molar-refractivity contribution in [1.82, 2.24) is 9.91 Å². The highest BCUT2D eigenvalue weighted by Gasteiger charge is 2.61. The van der Waals surface area contributed by atoms with Gasteiger partial charge in [-0.1, -0.05) is 64.1 Å². The monoisotopic (exact) mass is 741 g/mol. The highest BCUT2D eigenvalue weighted by Crippen LogP contribution is 2.43. The normalized spacial score (nSPS) is 39.3. The van der Waals surface area contributed by atoms with Crippen LogP contribution in [0.3, 0.4) is 0 Å². The Balaban J connectivity index is 1.77. The van der Waals surface area contributed by atoms with Gasteiger partial charge in [0.1, 0.15) is 30.0 Å². The number of aliphatic hydroxyl groups excluding tert-OH is 1. The van der Waals surface area contributed by atoms with Crippen molar-refractivity contribution in [3.63, 3.8) is 0 Å². The molecule has 1 N–H and O–H groups in total. The molecule has 1 aromatic carbocycles. The third-order valence-corrected chi connectivity index (χ3v) is 11.4. The first-order chi connectivity index (χ1) is 24.9. The molecule has 13 nitrogen and oxygen atoms in total. The molecule has 0 spiro atoms. The number of allylic oxidation sites excluding steroid dienone is 1. The summed E-state index contributed by atoms with van der Waals surface area (Å²) in [6, 6.07) is 8.30. The molecule has 0 unspecified atom stereocenters. The highest BCUT2D eigenvalue weighted by molar-refractivity contribution is 6.00. The number of likely N-dealkylation sites (N-methyl/N-ethyl adjacent to an activating group) is 1. The van der Waals surface area contributed by atoms with Crippen molar-refractivity contribution in [3.05, 3.63) is 42.0 Å². The summed E-state index contributed by atoms with van der Waals surface area (Å²) in [5.41, 5.74) is -1.86. The fourth-order valence-corrected chi connectivity index (χ4v) is 8.29. The number of rotatable bonds is 8. The van der Waals surface area contributed by atoms with Crippen molar-refractivity contribution in [3.8, 4) is 0 Å². The van der Waals surface area contributed by atoms with Crippen molar-refractivity contribution in [2.75, 3.05) is 21.2 Å². The molecule has 3 aliphatic rings. The van der Waals surface area contributed by atoms with Crippen LogP contribution in [0.1, 0.15) is 80.2 Å². The molecule has 0 aromatic heterocycles. The first kappa shape index (κ1) is 42.3. The van der Waals surface area contributed by atoms with Gasteiger partial charge in [0.05, 0.1) is 17.8 Å². The summed E-state index contributed by atoms with van der Waals surface area (Å²) in [6.45, 7) is 13.7. The quantitative estimate of drug-likeness (QED) is 0.220.